The van der Waals surface area contributed by atoms with Gasteiger partial charge in [-0.1, -0.05) is 6.07 Å². The van der Waals surface area contributed by atoms with E-state index >= 15 is 0 Å². The molecule has 1 atom stereocenters. The SMILES string of the molecule is CC(C)=NN([C@@H]1CCS(=O)(=O)C1)S(=O)(=O)c1ccc(C)c(C)c1. The van der Waals surface area contributed by atoms with Gasteiger partial charge in [0.2, 0.25) is 0 Å². The van der Waals surface area contributed by atoms with Crippen LogP contribution < -0.4 is 0 Å². The molecule has 0 N–H and O–H groups in total. The molecule has 0 unspecified atom stereocenters. The van der Waals surface area contributed by atoms with Gasteiger partial charge in [-0.15, -0.1) is 0 Å². The Kier molecular flexibility index (Phi) is 4.86. The van der Waals surface area contributed by atoms with E-state index in [4.69, 9.17) is 0 Å². The summed E-state index contributed by atoms with van der Waals surface area (Å²) in [6.07, 6.45) is 0.267. The van der Waals surface area contributed by atoms with E-state index < -0.39 is 25.9 Å². The van der Waals surface area contributed by atoms with Crippen LogP contribution in [-0.2, 0) is 19.9 Å². The number of hydrogen-bond donors (Lipinski definition) is 0. The maximum absolute atomic E-state index is 13.0. The Labute approximate surface area is 138 Å². The van der Waals surface area contributed by atoms with Crippen molar-refractivity contribution < 1.29 is 16.8 Å². The quantitative estimate of drug-likeness (QED) is 0.608. The summed E-state index contributed by atoms with van der Waals surface area (Å²) in [5, 5.41) is 4.12. The molecule has 23 heavy (non-hydrogen) atoms. The number of benzene rings is 1. The average Bonchev–Trinajstić information content (AvgIpc) is 2.78. The fourth-order valence-electron chi connectivity index (χ4n) is 2.46. The summed E-state index contributed by atoms with van der Waals surface area (Å²) in [6.45, 7) is 7.12. The largest absolute Gasteiger partial charge is 0.279 e. The number of hydrazone groups is 1. The lowest BCUT2D eigenvalue weighted by atomic mass is 10.1. The standard InChI is InChI=1S/C15H22N2O4S2/c1-11(2)16-17(14-7-8-22(18,19)10-14)23(20,21)15-6-5-12(3)13(4)9-15/h5-6,9,14H,7-8,10H2,1-4H3/t14-/m1/s1. The maximum Gasteiger partial charge on any atom is 0.279 e. The Hall–Kier alpha value is -1.41. The van der Waals surface area contributed by atoms with Crippen LogP contribution in [0.5, 0.6) is 0 Å². The normalized spacial score (nSPS) is 20.3. The van der Waals surface area contributed by atoms with E-state index in [1.165, 1.54) is 6.07 Å². The van der Waals surface area contributed by atoms with Gasteiger partial charge in [0.15, 0.2) is 9.84 Å². The first-order valence-corrected chi connectivity index (χ1v) is 10.6. The molecule has 1 aromatic carbocycles. The highest BCUT2D eigenvalue weighted by molar-refractivity contribution is 7.92. The van der Waals surface area contributed by atoms with Gasteiger partial charge in [-0.25, -0.2) is 8.42 Å². The second-order valence-corrected chi connectivity index (χ2v) is 10.2. The van der Waals surface area contributed by atoms with Crippen molar-refractivity contribution in [2.24, 2.45) is 5.10 Å². The number of sulfonamides is 1. The first-order valence-electron chi connectivity index (χ1n) is 7.37. The average molecular weight is 358 g/mol. The Morgan fingerprint density at radius 2 is 1.87 bits per heavy atom. The van der Waals surface area contributed by atoms with E-state index in [0.717, 1.165) is 15.5 Å². The molecule has 0 bridgehead atoms. The molecule has 1 saturated heterocycles. The number of nitrogens with zero attached hydrogens (tertiary/aromatic N) is 2. The molecular formula is C15H22N2O4S2. The van der Waals surface area contributed by atoms with Gasteiger partial charge in [0.25, 0.3) is 10.0 Å². The van der Waals surface area contributed by atoms with Crippen molar-refractivity contribution in [3.63, 3.8) is 0 Å². The van der Waals surface area contributed by atoms with Crippen LogP contribution in [0.2, 0.25) is 0 Å². The molecule has 8 heteroatoms. The van der Waals surface area contributed by atoms with Crippen LogP contribution in [0.3, 0.4) is 0 Å². The smallest absolute Gasteiger partial charge is 0.229 e. The lowest BCUT2D eigenvalue weighted by Gasteiger charge is -2.25. The van der Waals surface area contributed by atoms with Gasteiger partial charge in [0, 0.05) is 5.71 Å². The number of aryl methyl sites for hydroxylation is 2. The van der Waals surface area contributed by atoms with Crippen LogP contribution in [0, 0.1) is 13.8 Å². The van der Waals surface area contributed by atoms with Crippen molar-refractivity contribution in [2.75, 3.05) is 11.5 Å². The van der Waals surface area contributed by atoms with Gasteiger partial charge in [-0.05, 0) is 57.4 Å². The second kappa shape index (κ2) is 6.24. The fourth-order valence-corrected chi connectivity index (χ4v) is 5.87. The predicted octanol–water partition coefficient (Wildman–Crippen LogP) is 1.88. The molecule has 0 aliphatic carbocycles. The molecule has 1 fully saturated rings. The summed E-state index contributed by atoms with van der Waals surface area (Å²) in [5.41, 5.74) is 2.41. The summed E-state index contributed by atoms with van der Waals surface area (Å²) in [4.78, 5) is 0.134. The van der Waals surface area contributed by atoms with E-state index in [2.05, 4.69) is 5.10 Å². The number of rotatable bonds is 4. The predicted molar refractivity (Wildman–Crippen MR) is 90.8 cm³/mol. The van der Waals surface area contributed by atoms with Crippen molar-refractivity contribution in [1.29, 1.82) is 0 Å². The Balaban J connectivity index is 2.49. The van der Waals surface area contributed by atoms with Crippen LogP contribution in [-0.4, -0.2) is 44.5 Å². The third kappa shape index (κ3) is 3.92. The molecule has 6 nitrogen and oxygen atoms in total. The van der Waals surface area contributed by atoms with Crippen molar-refractivity contribution in [3.8, 4) is 0 Å². The van der Waals surface area contributed by atoms with E-state index in [9.17, 15) is 16.8 Å². The summed E-state index contributed by atoms with van der Waals surface area (Å²) in [7, 11) is -7.10. The van der Waals surface area contributed by atoms with E-state index in [1.807, 2.05) is 13.8 Å². The topological polar surface area (TPSA) is 83.9 Å². The number of hydrogen-bond acceptors (Lipinski definition) is 5. The molecule has 0 saturated carbocycles. The van der Waals surface area contributed by atoms with E-state index in [1.54, 1.807) is 26.0 Å². The highest BCUT2D eigenvalue weighted by Gasteiger charge is 2.38. The zero-order valence-electron chi connectivity index (χ0n) is 13.8. The van der Waals surface area contributed by atoms with Crippen molar-refractivity contribution in [1.82, 2.24) is 4.41 Å². The maximum atomic E-state index is 13.0. The summed E-state index contributed by atoms with van der Waals surface area (Å²) in [6, 6.07) is 4.23. The van der Waals surface area contributed by atoms with Crippen LogP contribution in [0.15, 0.2) is 28.2 Å². The van der Waals surface area contributed by atoms with Gasteiger partial charge >= 0.3 is 0 Å². The van der Waals surface area contributed by atoms with Crippen LogP contribution in [0.4, 0.5) is 0 Å². The molecule has 0 aromatic heterocycles. The summed E-state index contributed by atoms with van der Waals surface area (Å²) >= 11 is 0. The molecule has 2 rings (SSSR count). The summed E-state index contributed by atoms with van der Waals surface area (Å²) in [5.74, 6) is -0.192. The van der Waals surface area contributed by atoms with Gasteiger partial charge in [-0.2, -0.15) is 17.9 Å². The zero-order chi connectivity index (χ0) is 17.4. The molecule has 0 radical (unpaired) electrons. The van der Waals surface area contributed by atoms with Crippen LogP contribution in [0.25, 0.3) is 0 Å². The summed E-state index contributed by atoms with van der Waals surface area (Å²) < 4.78 is 50.3. The van der Waals surface area contributed by atoms with E-state index in [0.29, 0.717) is 5.71 Å². The molecule has 1 aromatic rings. The molecule has 0 spiro atoms. The second-order valence-electron chi connectivity index (χ2n) is 6.13. The van der Waals surface area contributed by atoms with Crippen molar-refractivity contribution in [2.45, 2.75) is 45.1 Å². The molecule has 1 heterocycles. The zero-order valence-corrected chi connectivity index (χ0v) is 15.4. The fraction of sp³-hybridized carbons (Fsp3) is 0.533. The van der Waals surface area contributed by atoms with Crippen molar-refractivity contribution in [3.05, 3.63) is 29.3 Å². The minimum absolute atomic E-state index is 0.00507. The lowest BCUT2D eigenvalue weighted by Crippen LogP contribution is -2.37. The molecular weight excluding hydrogens is 336 g/mol. The van der Waals surface area contributed by atoms with Gasteiger partial charge < -0.3 is 0 Å². The van der Waals surface area contributed by atoms with Gasteiger partial charge in [0.05, 0.1) is 22.4 Å². The molecule has 128 valence electrons. The third-order valence-corrected chi connectivity index (χ3v) is 7.31. The Morgan fingerprint density at radius 1 is 1.22 bits per heavy atom. The minimum atomic E-state index is -3.89. The molecule has 0 amide bonds. The van der Waals surface area contributed by atoms with Crippen LogP contribution >= 0.6 is 0 Å². The van der Waals surface area contributed by atoms with Crippen LogP contribution in [0.1, 0.15) is 31.4 Å². The van der Waals surface area contributed by atoms with E-state index in [-0.39, 0.29) is 22.8 Å². The monoisotopic (exact) mass is 358 g/mol. The Bertz CT molecular complexity index is 838. The highest BCUT2D eigenvalue weighted by Crippen LogP contribution is 2.26. The van der Waals surface area contributed by atoms with Gasteiger partial charge in [0.1, 0.15) is 0 Å². The highest BCUT2D eigenvalue weighted by atomic mass is 32.2. The Morgan fingerprint density at radius 3 is 2.35 bits per heavy atom. The lowest BCUT2D eigenvalue weighted by molar-refractivity contribution is 0.355. The van der Waals surface area contributed by atoms with Crippen molar-refractivity contribution >= 4 is 25.6 Å². The molecule has 1 aliphatic heterocycles. The molecule has 1 aliphatic rings. The first-order chi connectivity index (χ1) is 10.5. The van der Waals surface area contributed by atoms with Gasteiger partial charge in [-0.3, -0.25) is 0 Å². The first kappa shape index (κ1) is 17.9. The minimum Gasteiger partial charge on any atom is -0.229 e. The third-order valence-electron chi connectivity index (χ3n) is 3.84. The number of sulfone groups is 1.